The smallest absolute Gasteiger partial charge is 0.230 e. The number of nitrogens with zero attached hydrogens (tertiary/aromatic N) is 7. The van der Waals surface area contributed by atoms with Gasteiger partial charge < -0.3 is 9.47 Å². The Morgan fingerprint density at radius 2 is 1.61 bits per heavy atom. The van der Waals surface area contributed by atoms with E-state index in [0.29, 0.717) is 28.9 Å². The van der Waals surface area contributed by atoms with Crippen LogP contribution in [0.25, 0.3) is 33.8 Å². The van der Waals surface area contributed by atoms with Gasteiger partial charge in [-0.2, -0.15) is 5.10 Å². The highest BCUT2D eigenvalue weighted by Gasteiger charge is 2.38. The molecule has 4 aromatic heterocycles. The average molecular weight is 538 g/mol. The predicted octanol–water partition coefficient (Wildman–Crippen LogP) is 6.13. The summed E-state index contributed by atoms with van der Waals surface area (Å²) in [6.45, 7) is 2.00. The molecule has 198 valence electrons. The Morgan fingerprint density at radius 1 is 0.805 bits per heavy atom. The second kappa shape index (κ2) is 8.99. The lowest BCUT2D eigenvalue weighted by Gasteiger charge is -2.26. The lowest BCUT2D eigenvalue weighted by atomic mass is 9.84. The van der Waals surface area contributed by atoms with Crippen LogP contribution in [0.2, 0.25) is 0 Å². The molecule has 5 heterocycles. The maximum absolute atomic E-state index is 6.53. The van der Waals surface area contributed by atoms with Crippen molar-refractivity contribution in [2.45, 2.75) is 12.8 Å². The van der Waals surface area contributed by atoms with Gasteiger partial charge in [0.2, 0.25) is 17.6 Å². The minimum atomic E-state index is -0.255. The molecule has 1 atom stereocenters. The largest absolute Gasteiger partial charge is 0.497 e. The molecule has 0 fully saturated rings. The minimum Gasteiger partial charge on any atom is -0.497 e. The van der Waals surface area contributed by atoms with Crippen molar-refractivity contribution in [3.8, 4) is 34.7 Å². The number of ether oxygens (including phenoxy) is 2. The number of rotatable bonds is 4. The van der Waals surface area contributed by atoms with E-state index in [1.807, 2.05) is 90.5 Å². The van der Waals surface area contributed by atoms with Crippen molar-refractivity contribution in [1.29, 1.82) is 0 Å². The molecule has 9 nitrogen and oxygen atoms in total. The van der Waals surface area contributed by atoms with Gasteiger partial charge in [0, 0.05) is 5.39 Å². The maximum atomic E-state index is 6.53. The molecule has 0 spiro atoms. The summed E-state index contributed by atoms with van der Waals surface area (Å²) in [5, 5.41) is 10.7. The number of aromatic nitrogens is 7. The van der Waals surface area contributed by atoms with Gasteiger partial charge in [-0.1, -0.05) is 54.6 Å². The summed E-state index contributed by atoms with van der Waals surface area (Å²) in [6, 6.07) is 30.0. The van der Waals surface area contributed by atoms with Crippen LogP contribution in [-0.2, 0) is 0 Å². The third kappa shape index (κ3) is 3.66. The summed E-state index contributed by atoms with van der Waals surface area (Å²) in [6.07, 6.45) is 1.64. The third-order valence-electron chi connectivity index (χ3n) is 7.50. The van der Waals surface area contributed by atoms with Crippen molar-refractivity contribution in [3.05, 3.63) is 120 Å². The topological polar surface area (TPSA) is 92.2 Å². The van der Waals surface area contributed by atoms with Crippen molar-refractivity contribution in [2.24, 2.45) is 0 Å². The van der Waals surface area contributed by atoms with Gasteiger partial charge in [-0.15, -0.1) is 5.10 Å². The van der Waals surface area contributed by atoms with E-state index in [1.54, 1.807) is 18.0 Å². The van der Waals surface area contributed by atoms with Crippen molar-refractivity contribution < 1.29 is 9.47 Å². The molecule has 1 aliphatic heterocycles. The Labute approximate surface area is 234 Å². The first-order chi connectivity index (χ1) is 20.2. The highest BCUT2D eigenvalue weighted by atomic mass is 16.5. The first-order valence-corrected chi connectivity index (χ1v) is 13.3. The van der Waals surface area contributed by atoms with E-state index >= 15 is 0 Å². The average Bonchev–Trinajstić information content (AvgIpc) is 3.61. The van der Waals surface area contributed by atoms with Crippen LogP contribution < -0.4 is 9.47 Å². The van der Waals surface area contributed by atoms with Crippen molar-refractivity contribution in [3.63, 3.8) is 0 Å². The van der Waals surface area contributed by atoms with Gasteiger partial charge in [0.15, 0.2) is 5.65 Å². The normalized spacial score (nSPS) is 14.0. The quantitative estimate of drug-likeness (QED) is 0.267. The number of para-hydroxylation sites is 2. The Kier molecular flexibility index (Phi) is 5.11. The van der Waals surface area contributed by atoms with Crippen LogP contribution in [0.15, 0.2) is 97.3 Å². The summed E-state index contributed by atoms with van der Waals surface area (Å²) < 4.78 is 15.5. The maximum Gasteiger partial charge on any atom is 0.230 e. The van der Waals surface area contributed by atoms with E-state index in [-0.39, 0.29) is 5.92 Å². The number of hydrogen-bond acceptors (Lipinski definition) is 7. The van der Waals surface area contributed by atoms with Crippen molar-refractivity contribution >= 4 is 16.6 Å². The molecule has 0 N–H and O–H groups in total. The number of hydrogen-bond donors (Lipinski definition) is 0. The minimum absolute atomic E-state index is 0.255. The van der Waals surface area contributed by atoms with E-state index in [4.69, 9.17) is 34.6 Å². The van der Waals surface area contributed by atoms with Gasteiger partial charge in [-0.05, 0) is 48.9 Å². The number of pyridine rings is 1. The molecule has 41 heavy (non-hydrogen) atoms. The summed E-state index contributed by atoms with van der Waals surface area (Å²) in [4.78, 5) is 14.5. The second-order valence-electron chi connectivity index (χ2n) is 9.92. The molecule has 7 aromatic rings. The molecular formula is C32H23N7O2. The van der Waals surface area contributed by atoms with Gasteiger partial charge in [0.25, 0.3) is 0 Å². The molecule has 8 rings (SSSR count). The van der Waals surface area contributed by atoms with E-state index in [0.717, 1.165) is 44.7 Å². The Morgan fingerprint density at radius 3 is 2.44 bits per heavy atom. The Balaban J connectivity index is 1.35. The van der Waals surface area contributed by atoms with Crippen LogP contribution in [0.3, 0.4) is 0 Å². The summed E-state index contributed by atoms with van der Waals surface area (Å²) >= 11 is 0. The van der Waals surface area contributed by atoms with Crippen molar-refractivity contribution in [1.82, 2.24) is 34.3 Å². The highest BCUT2D eigenvalue weighted by Crippen LogP contribution is 2.49. The number of benzene rings is 3. The van der Waals surface area contributed by atoms with Gasteiger partial charge in [-0.3, -0.25) is 0 Å². The van der Waals surface area contributed by atoms with E-state index in [2.05, 4.69) is 12.1 Å². The SMILES string of the molecule is COc1ccc([C@@H]2c3c(C)nn(-c4ccccc4)c3Oc3ncn4nc(-c5ccc6ccccc6n5)nc4c32)cc1. The zero-order valence-corrected chi connectivity index (χ0v) is 22.3. The van der Waals surface area contributed by atoms with Crippen LogP contribution in [0, 0.1) is 6.92 Å². The fourth-order valence-corrected chi connectivity index (χ4v) is 5.55. The molecule has 0 saturated carbocycles. The molecule has 0 amide bonds. The monoisotopic (exact) mass is 537 g/mol. The van der Waals surface area contributed by atoms with Crippen LogP contribution in [0.1, 0.15) is 28.3 Å². The van der Waals surface area contributed by atoms with Crippen LogP contribution in [-0.4, -0.2) is 41.5 Å². The van der Waals surface area contributed by atoms with Crippen LogP contribution in [0.5, 0.6) is 17.5 Å². The van der Waals surface area contributed by atoms with Crippen molar-refractivity contribution in [2.75, 3.05) is 7.11 Å². The summed E-state index contributed by atoms with van der Waals surface area (Å²) in [7, 11) is 1.66. The number of fused-ring (bicyclic) bond motifs is 5. The molecule has 0 unspecified atom stereocenters. The zero-order chi connectivity index (χ0) is 27.5. The van der Waals surface area contributed by atoms with Gasteiger partial charge in [-0.25, -0.2) is 24.1 Å². The predicted molar refractivity (Wildman–Crippen MR) is 154 cm³/mol. The summed E-state index contributed by atoms with van der Waals surface area (Å²) in [5.74, 6) is 2.14. The van der Waals surface area contributed by atoms with Crippen LogP contribution in [0.4, 0.5) is 0 Å². The zero-order valence-electron chi connectivity index (χ0n) is 22.3. The molecule has 0 bridgehead atoms. The molecule has 0 radical (unpaired) electrons. The molecule has 1 aliphatic rings. The van der Waals surface area contributed by atoms with E-state index < -0.39 is 0 Å². The lowest BCUT2D eigenvalue weighted by Crippen LogP contribution is -2.16. The first kappa shape index (κ1) is 23.3. The molecular weight excluding hydrogens is 514 g/mol. The standard InChI is InChI=1S/C32H23N7O2/c1-19-26-27(21-12-15-23(40-2)16-13-21)28-30-35-29(25-17-14-20-8-6-7-11-24(20)34-25)37-38(30)18-33-31(28)41-32(26)39(36-19)22-9-4-3-5-10-22/h3-18,27H,1-2H3/t27-/m1/s1. The third-order valence-corrected chi connectivity index (χ3v) is 7.50. The van der Waals surface area contributed by atoms with Gasteiger partial charge in [0.05, 0.1) is 41.1 Å². The van der Waals surface area contributed by atoms with E-state index in [1.165, 1.54) is 0 Å². The second-order valence-corrected chi connectivity index (χ2v) is 9.92. The summed E-state index contributed by atoms with van der Waals surface area (Å²) in [5.41, 5.74) is 6.80. The highest BCUT2D eigenvalue weighted by molar-refractivity contribution is 5.81. The van der Waals surface area contributed by atoms with Gasteiger partial charge >= 0.3 is 0 Å². The van der Waals surface area contributed by atoms with Crippen LogP contribution >= 0.6 is 0 Å². The number of methoxy groups -OCH3 is 1. The molecule has 9 heteroatoms. The fourth-order valence-electron chi connectivity index (χ4n) is 5.55. The molecule has 3 aromatic carbocycles. The van der Waals surface area contributed by atoms with E-state index in [9.17, 15) is 0 Å². The Bertz CT molecular complexity index is 2080. The molecule has 0 saturated heterocycles. The van der Waals surface area contributed by atoms with Gasteiger partial charge in [0.1, 0.15) is 17.8 Å². The molecule has 0 aliphatic carbocycles. The lowest BCUT2D eigenvalue weighted by molar-refractivity contribution is 0.402. The number of aryl methyl sites for hydroxylation is 1. The first-order valence-electron chi connectivity index (χ1n) is 13.3. The Hall–Kier alpha value is -5.57. The fraction of sp³-hybridized carbons (Fsp3) is 0.0938.